The topological polar surface area (TPSA) is 47.3 Å². The van der Waals surface area contributed by atoms with Gasteiger partial charge in [0.15, 0.2) is 0 Å². The summed E-state index contributed by atoms with van der Waals surface area (Å²) in [7, 11) is 0. The molecule has 0 saturated heterocycles. The minimum Gasteiger partial charge on any atom is -0.417 e. The van der Waals surface area contributed by atoms with Crippen LogP contribution in [0.15, 0.2) is 28.9 Å². The maximum absolute atomic E-state index is 5.86. The molecule has 2 aromatic rings. The molecule has 0 unspecified atom stereocenters. The van der Waals surface area contributed by atoms with E-state index in [0.29, 0.717) is 22.3 Å². The lowest BCUT2D eigenvalue weighted by Gasteiger charge is -2.01. The van der Waals surface area contributed by atoms with Gasteiger partial charge in [0.2, 0.25) is 0 Å². The molecule has 0 aliphatic carbocycles. The number of benzene rings is 1. The summed E-state index contributed by atoms with van der Waals surface area (Å²) in [5.41, 5.74) is 0.778. The molecule has 1 aromatic carbocycles. The second kappa shape index (κ2) is 6.09. The summed E-state index contributed by atoms with van der Waals surface area (Å²) in [6.45, 7) is 3.53. The zero-order valence-electron chi connectivity index (χ0n) is 9.74. The minimum atomic E-state index is 0.168. The summed E-state index contributed by atoms with van der Waals surface area (Å²) >= 11 is 11.7. The first kappa shape index (κ1) is 13.2. The van der Waals surface area contributed by atoms with Crippen LogP contribution in [0.2, 0.25) is 10.0 Å². The lowest BCUT2D eigenvalue weighted by molar-refractivity contribution is 0.331. The Morgan fingerprint density at radius 1 is 1.28 bits per heavy atom. The zero-order valence-corrected chi connectivity index (χ0v) is 11.3. The van der Waals surface area contributed by atoms with E-state index in [1.807, 2.05) is 6.92 Å². The molecule has 0 spiro atoms. The van der Waals surface area contributed by atoms with Crippen molar-refractivity contribution in [3.8, 4) is 11.8 Å². The SMILES string of the molecule is CCNCc1coc(Oc2cc(Cl)cc(Cl)c2)n1. The molecule has 0 amide bonds. The van der Waals surface area contributed by atoms with Crippen LogP contribution >= 0.6 is 23.2 Å². The average Bonchev–Trinajstić information content (AvgIpc) is 2.72. The number of ether oxygens (including phenoxy) is 1. The summed E-state index contributed by atoms with van der Waals surface area (Å²) in [4.78, 5) is 4.16. The molecule has 0 aliphatic rings. The summed E-state index contributed by atoms with van der Waals surface area (Å²) in [6.07, 6.45) is 1.71. The van der Waals surface area contributed by atoms with Crippen molar-refractivity contribution in [2.24, 2.45) is 0 Å². The highest BCUT2D eigenvalue weighted by atomic mass is 35.5. The third-order valence-corrected chi connectivity index (χ3v) is 2.56. The number of hydrogen-bond acceptors (Lipinski definition) is 4. The first-order valence-electron chi connectivity index (χ1n) is 5.46. The Morgan fingerprint density at radius 2 is 2.00 bits per heavy atom. The Morgan fingerprint density at radius 3 is 2.67 bits per heavy atom. The fourth-order valence-electron chi connectivity index (χ4n) is 1.36. The van der Waals surface area contributed by atoms with E-state index in [0.717, 1.165) is 12.2 Å². The molecule has 6 heteroatoms. The number of aromatic nitrogens is 1. The predicted molar refractivity (Wildman–Crippen MR) is 70.4 cm³/mol. The van der Waals surface area contributed by atoms with Gasteiger partial charge in [-0.05, 0) is 24.7 Å². The van der Waals surface area contributed by atoms with Gasteiger partial charge in [-0.3, -0.25) is 0 Å². The number of hydrogen-bond donors (Lipinski definition) is 1. The highest BCUT2D eigenvalue weighted by Gasteiger charge is 2.07. The van der Waals surface area contributed by atoms with E-state index in [1.54, 1.807) is 24.5 Å². The van der Waals surface area contributed by atoms with Crippen LogP contribution in [0.4, 0.5) is 0 Å². The van der Waals surface area contributed by atoms with Gasteiger partial charge in [-0.2, -0.15) is 4.98 Å². The highest BCUT2D eigenvalue weighted by molar-refractivity contribution is 6.34. The first-order chi connectivity index (χ1) is 8.67. The standard InChI is InChI=1S/C12H12Cl2N2O2/c1-2-15-6-10-7-17-12(16-10)18-11-4-8(13)3-9(14)5-11/h3-5,7,15H,2,6H2,1H3. The normalized spacial score (nSPS) is 10.6. The van der Waals surface area contributed by atoms with E-state index in [1.165, 1.54) is 0 Å². The van der Waals surface area contributed by atoms with Gasteiger partial charge in [-0.25, -0.2) is 0 Å². The van der Waals surface area contributed by atoms with Gasteiger partial charge in [-0.1, -0.05) is 30.1 Å². The van der Waals surface area contributed by atoms with Crippen molar-refractivity contribution in [3.63, 3.8) is 0 Å². The minimum absolute atomic E-state index is 0.168. The van der Waals surface area contributed by atoms with Crippen LogP contribution in [0.1, 0.15) is 12.6 Å². The van der Waals surface area contributed by atoms with Crippen LogP contribution in [-0.4, -0.2) is 11.5 Å². The summed E-state index contributed by atoms with van der Waals surface area (Å²) in [5, 5.41) is 4.13. The molecular formula is C12H12Cl2N2O2. The van der Waals surface area contributed by atoms with Crippen molar-refractivity contribution in [1.82, 2.24) is 10.3 Å². The van der Waals surface area contributed by atoms with E-state index in [9.17, 15) is 0 Å². The molecule has 96 valence electrons. The monoisotopic (exact) mass is 286 g/mol. The molecule has 0 atom stereocenters. The fraction of sp³-hybridized carbons (Fsp3) is 0.250. The lowest BCUT2D eigenvalue weighted by Crippen LogP contribution is -2.11. The maximum Gasteiger partial charge on any atom is 0.399 e. The second-order valence-corrected chi connectivity index (χ2v) is 4.47. The number of rotatable bonds is 5. The number of oxazole rings is 1. The Labute approximate surface area is 115 Å². The van der Waals surface area contributed by atoms with Crippen molar-refractivity contribution in [2.45, 2.75) is 13.5 Å². The average molecular weight is 287 g/mol. The Bertz CT molecular complexity index is 508. The van der Waals surface area contributed by atoms with Gasteiger partial charge in [0.25, 0.3) is 0 Å². The smallest absolute Gasteiger partial charge is 0.399 e. The Hall–Kier alpha value is -1.23. The summed E-state index contributed by atoms with van der Waals surface area (Å²) in [6, 6.07) is 4.91. The molecule has 18 heavy (non-hydrogen) atoms. The third-order valence-electron chi connectivity index (χ3n) is 2.13. The summed E-state index contributed by atoms with van der Waals surface area (Å²) in [5.74, 6) is 0.490. The second-order valence-electron chi connectivity index (χ2n) is 3.59. The molecule has 0 fully saturated rings. The highest BCUT2D eigenvalue weighted by Crippen LogP contribution is 2.27. The predicted octanol–water partition coefficient (Wildman–Crippen LogP) is 3.88. The number of nitrogens with zero attached hydrogens (tertiary/aromatic N) is 1. The number of halogens is 2. The van der Waals surface area contributed by atoms with Crippen molar-refractivity contribution in [2.75, 3.05) is 6.54 Å². The molecule has 2 rings (SSSR count). The largest absolute Gasteiger partial charge is 0.417 e. The van der Waals surface area contributed by atoms with Crippen molar-refractivity contribution in [1.29, 1.82) is 0 Å². The van der Waals surface area contributed by atoms with Crippen LogP contribution in [0.3, 0.4) is 0 Å². The molecular weight excluding hydrogens is 275 g/mol. The van der Waals surface area contributed by atoms with Crippen LogP contribution in [0.25, 0.3) is 0 Å². The molecule has 0 bridgehead atoms. The van der Waals surface area contributed by atoms with E-state index in [4.69, 9.17) is 32.4 Å². The van der Waals surface area contributed by atoms with Gasteiger partial charge in [0.05, 0.1) is 5.69 Å². The van der Waals surface area contributed by atoms with Crippen molar-refractivity contribution < 1.29 is 9.15 Å². The Kier molecular flexibility index (Phi) is 4.47. The molecule has 0 aliphatic heterocycles. The van der Waals surface area contributed by atoms with E-state index >= 15 is 0 Å². The van der Waals surface area contributed by atoms with E-state index in [-0.39, 0.29) is 6.08 Å². The molecule has 0 saturated carbocycles. The van der Waals surface area contributed by atoms with Crippen molar-refractivity contribution in [3.05, 3.63) is 40.2 Å². The van der Waals surface area contributed by atoms with Crippen molar-refractivity contribution >= 4 is 23.2 Å². The zero-order chi connectivity index (χ0) is 13.0. The molecule has 4 nitrogen and oxygen atoms in total. The third kappa shape index (κ3) is 3.63. The molecule has 1 N–H and O–H groups in total. The van der Waals surface area contributed by atoms with E-state index in [2.05, 4.69) is 10.3 Å². The van der Waals surface area contributed by atoms with Gasteiger partial charge in [0, 0.05) is 16.6 Å². The molecule has 1 aromatic heterocycles. The van der Waals surface area contributed by atoms with E-state index < -0.39 is 0 Å². The molecule has 0 radical (unpaired) electrons. The van der Waals surface area contributed by atoms with Gasteiger partial charge >= 0.3 is 6.08 Å². The van der Waals surface area contributed by atoms with Crippen LogP contribution in [0.5, 0.6) is 11.8 Å². The van der Waals surface area contributed by atoms with Crippen LogP contribution in [-0.2, 0) is 6.54 Å². The maximum atomic E-state index is 5.86. The lowest BCUT2D eigenvalue weighted by atomic mass is 10.3. The fourth-order valence-corrected chi connectivity index (χ4v) is 1.86. The van der Waals surface area contributed by atoms with Crippen LogP contribution < -0.4 is 10.1 Å². The first-order valence-corrected chi connectivity index (χ1v) is 6.22. The van der Waals surface area contributed by atoms with Crippen LogP contribution in [0, 0.1) is 0 Å². The van der Waals surface area contributed by atoms with Gasteiger partial charge < -0.3 is 14.5 Å². The quantitative estimate of drug-likeness (QED) is 0.906. The number of nitrogens with one attached hydrogen (secondary N) is 1. The summed E-state index contributed by atoms with van der Waals surface area (Å²) < 4.78 is 10.6. The van der Waals surface area contributed by atoms with Gasteiger partial charge in [-0.15, -0.1) is 0 Å². The Balaban J connectivity index is 2.06. The molecule has 1 heterocycles. The van der Waals surface area contributed by atoms with Gasteiger partial charge in [0.1, 0.15) is 12.0 Å².